The number of rotatable bonds is 7. The van der Waals surface area contributed by atoms with Gasteiger partial charge in [-0.1, -0.05) is 26.0 Å². The van der Waals surface area contributed by atoms with Gasteiger partial charge < -0.3 is 9.64 Å². The van der Waals surface area contributed by atoms with E-state index in [1.807, 2.05) is 6.07 Å². The number of aromatic nitrogens is 1. The van der Waals surface area contributed by atoms with Crippen molar-refractivity contribution in [2.75, 3.05) is 45.9 Å². The molecular weight excluding hydrogens is 406 g/mol. The zero-order valence-corrected chi connectivity index (χ0v) is 19.8. The van der Waals surface area contributed by atoms with Crippen LogP contribution in [0.5, 0.6) is 0 Å². The first-order chi connectivity index (χ1) is 15.0. The van der Waals surface area contributed by atoms with Gasteiger partial charge in [-0.15, -0.1) is 11.3 Å². The summed E-state index contributed by atoms with van der Waals surface area (Å²) in [5.41, 5.74) is 1.75. The SMILES string of the molecule is CC1(C)C[C@]2(CN3CCOCC3)CN(C(=O)CCCCc3nc4ccccc4s3)C[C@H]12. The van der Waals surface area contributed by atoms with Crippen LogP contribution in [0, 0.1) is 16.7 Å². The number of amides is 1. The second-order valence-electron chi connectivity index (χ2n) is 10.5. The Morgan fingerprint density at radius 2 is 2.03 bits per heavy atom. The van der Waals surface area contributed by atoms with Crippen molar-refractivity contribution in [1.82, 2.24) is 14.8 Å². The maximum absolute atomic E-state index is 13.0. The molecule has 1 aromatic carbocycles. The Morgan fingerprint density at radius 1 is 1.23 bits per heavy atom. The maximum atomic E-state index is 13.0. The van der Waals surface area contributed by atoms with Crippen LogP contribution in [0.4, 0.5) is 0 Å². The Balaban J connectivity index is 1.12. The molecule has 0 unspecified atom stereocenters. The van der Waals surface area contributed by atoms with Gasteiger partial charge >= 0.3 is 0 Å². The number of morpholine rings is 1. The molecule has 5 rings (SSSR count). The Morgan fingerprint density at radius 3 is 2.81 bits per heavy atom. The van der Waals surface area contributed by atoms with Gasteiger partial charge in [0.15, 0.2) is 0 Å². The molecule has 2 aliphatic heterocycles. The number of benzene rings is 1. The molecule has 1 saturated carbocycles. The highest BCUT2D eigenvalue weighted by Crippen LogP contribution is 2.63. The number of likely N-dealkylation sites (tertiary alicyclic amines) is 1. The van der Waals surface area contributed by atoms with Gasteiger partial charge in [0.1, 0.15) is 0 Å². The van der Waals surface area contributed by atoms with Crippen LogP contribution in [-0.2, 0) is 16.0 Å². The van der Waals surface area contributed by atoms with Gasteiger partial charge in [-0.25, -0.2) is 4.98 Å². The van der Waals surface area contributed by atoms with E-state index in [-0.39, 0.29) is 0 Å². The van der Waals surface area contributed by atoms with E-state index in [0.717, 1.165) is 70.7 Å². The van der Waals surface area contributed by atoms with Crippen molar-refractivity contribution in [2.24, 2.45) is 16.7 Å². The highest BCUT2D eigenvalue weighted by Gasteiger charge is 2.63. The maximum Gasteiger partial charge on any atom is 0.222 e. The van der Waals surface area contributed by atoms with Crippen molar-refractivity contribution in [3.8, 4) is 0 Å². The van der Waals surface area contributed by atoms with Crippen LogP contribution in [0.1, 0.15) is 44.5 Å². The van der Waals surface area contributed by atoms with E-state index in [9.17, 15) is 4.79 Å². The zero-order valence-electron chi connectivity index (χ0n) is 18.9. The third-order valence-corrected chi connectivity index (χ3v) is 8.86. The molecule has 168 valence electrons. The van der Waals surface area contributed by atoms with E-state index in [1.54, 1.807) is 11.3 Å². The van der Waals surface area contributed by atoms with Gasteiger partial charge in [-0.05, 0) is 49.1 Å². The second-order valence-corrected chi connectivity index (χ2v) is 11.6. The summed E-state index contributed by atoms with van der Waals surface area (Å²) in [5, 5.41) is 1.19. The molecule has 0 bridgehead atoms. The summed E-state index contributed by atoms with van der Waals surface area (Å²) in [4.78, 5) is 22.5. The van der Waals surface area contributed by atoms with Crippen LogP contribution in [0.25, 0.3) is 10.2 Å². The highest BCUT2D eigenvalue weighted by atomic mass is 32.1. The predicted octanol–water partition coefficient (Wildman–Crippen LogP) is 4.22. The summed E-state index contributed by atoms with van der Waals surface area (Å²) in [6, 6.07) is 8.32. The number of para-hydroxylation sites is 1. The fourth-order valence-corrected chi connectivity index (χ4v) is 7.48. The topological polar surface area (TPSA) is 45.7 Å². The molecule has 3 heterocycles. The van der Waals surface area contributed by atoms with E-state index in [4.69, 9.17) is 9.72 Å². The number of aryl methyl sites for hydroxylation is 1. The van der Waals surface area contributed by atoms with E-state index in [1.165, 1.54) is 16.1 Å². The number of fused-ring (bicyclic) bond motifs is 2. The molecule has 0 spiro atoms. The molecule has 3 fully saturated rings. The molecule has 6 heteroatoms. The smallest absolute Gasteiger partial charge is 0.222 e. The van der Waals surface area contributed by atoms with Gasteiger partial charge in [0, 0.05) is 44.6 Å². The van der Waals surface area contributed by atoms with Crippen molar-refractivity contribution in [3.05, 3.63) is 29.3 Å². The summed E-state index contributed by atoms with van der Waals surface area (Å²) in [5.74, 6) is 0.991. The average molecular weight is 442 g/mol. The molecule has 31 heavy (non-hydrogen) atoms. The molecule has 2 atom stereocenters. The van der Waals surface area contributed by atoms with Crippen LogP contribution in [0.2, 0.25) is 0 Å². The molecule has 1 aromatic heterocycles. The Hall–Kier alpha value is -1.50. The van der Waals surface area contributed by atoms with E-state index < -0.39 is 0 Å². The van der Waals surface area contributed by atoms with E-state index in [2.05, 4.69) is 41.8 Å². The normalized spacial score (nSPS) is 27.9. The van der Waals surface area contributed by atoms with Gasteiger partial charge in [0.05, 0.1) is 28.4 Å². The molecule has 1 amide bonds. The average Bonchev–Trinajstić information content (AvgIpc) is 3.31. The lowest BCUT2D eigenvalue weighted by molar-refractivity contribution is -0.130. The zero-order chi connectivity index (χ0) is 21.5. The lowest BCUT2D eigenvalue weighted by Gasteiger charge is -2.58. The fraction of sp³-hybridized carbons (Fsp3) is 0.680. The minimum atomic E-state index is 0.303. The van der Waals surface area contributed by atoms with Crippen molar-refractivity contribution < 1.29 is 9.53 Å². The number of carbonyl (C=O) groups is 1. The minimum Gasteiger partial charge on any atom is -0.379 e. The predicted molar refractivity (Wildman–Crippen MR) is 125 cm³/mol. The van der Waals surface area contributed by atoms with Gasteiger partial charge in [-0.3, -0.25) is 9.69 Å². The molecule has 0 N–H and O–H groups in total. The quantitative estimate of drug-likeness (QED) is 0.604. The largest absolute Gasteiger partial charge is 0.379 e. The number of carbonyl (C=O) groups excluding carboxylic acids is 1. The van der Waals surface area contributed by atoms with Crippen molar-refractivity contribution >= 4 is 27.5 Å². The Kier molecular flexibility index (Phi) is 5.82. The number of nitrogens with zero attached hydrogens (tertiary/aromatic N) is 3. The number of ether oxygens (including phenoxy) is 1. The Bertz CT molecular complexity index is 903. The van der Waals surface area contributed by atoms with Crippen molar-refractivity contribution in [3.63, 3.8) is 0 Å². The summed E-state index contributed by atoms with van der Waals surface area (Å²) in [6.07, 6.45) is 4.88. The standard InChI is InChI=1S/C25H35N3O2S/c1-24(2)16-25(17-27-11-13-30-14-12-27)18-28(15-21(24)25)23(29)10-6-5-9-22-26-19-7-3-4-8-20(19)31-22/h3-4,7-8,21H,5-6,9-18H2,1-2H3/t21-,25+/m1/s1. The van der Waals surface area contributed by atoms with Crippen molar-refractivity contribution in [2.45, 2.75) is 46.0 Å². The molecule has 5 nitrogen and oxygen atoms in total. The monoisotopic (exact) mass is 441 g/mol. The number of unbranched alkanes of at least 4 members (excludes halogenated alkanes) is 1. The first-order valence-corrected chi connectivity index (χ1v) is 12.7. The van der Waals surface area contributed by atoms with Crippen LogP contribution >= 0.6 is 11.3 Å². The van der Waals surface area contributed by atoms with Crippen LogP contribution in [-0.4, -0.2) is 66.6 Å². The fourth-order valence-electron chi connectivity index (χ4n) is 6.47. The molecule has 1 aliphatic carbocycles. The summed E-state index contributed by atoms with van der Waals surface area (Å²) >= 11 is 1.79. The third kappa shape index (κ3) is 4.27. The molecule has 0 radical (unpaired) electrons. The second kappa shape index (κ2) is 8.45. The summed E-state index contributed by atoms with van der Waals surface area (Å²) in [6.45, 7) is 11.6. The summed E-state index contributed by atoms with van der Waals surface area (Å²) < 4.78 is 6.79. The summed E-state index contributed by atoms with van der Waals surface area (Å²) in [7, 11) is 0. The highest BCUT2D eigenvalue weighted by molar-refractivity contribution is 7.18. The van der Waals surface area contributed by atoms with Crippen LogP contribution in [0.3, 0.4) is 0 Å². The number of hydrogen-bond donors (Lipinski definition) is 0. The van der Waals surface area contributed by atoms with Gasteiger partial charge in [0.2, 0.25) is 5.91 Å². The molecule has 2 aromatic rings. The van der Waals surface area contributed by atoms with E-state index in [0.29, 0.717) is 29.1 Å². The van der Waals surface area contributed by atoms with Crippen LogP contribution in [0.15, 0.2) is 24.3 Å². The lowest BCUT2D eigenvalue weighted by Crippen LogP contribution is -2.59. The Labute approximate surface area is 189 Å². The van der Waals surface area contributed by atoms with Crippen LogP contribution < -0.4 is 0 Å². The third-order valence-electron chi connectivity index (χ3n) is 7.76. The molecular formula is C25H35N3O2S. The van der Waals surface area contributed by atoms with Gasteiger partial charge in [-0.2, -0.15) is 0 Å². The first kappa shape index (κ1) is 21.4. The molecule has 2 saturated heterocycles. The first-order valence-electron chi connectivity index (χ1n) is 11.9. The number of hydrogen-bond acceptors (Lipinski definition) is 5. The lowest BCUT2D eigenvalue weighted by atomic mass is 9.48. The molecule has 3 aliphatic rings. The van der Waals surface area contributed by atoms with Gasteiger partial charge in [0.25, 0.3) is 0 Å². The van der Waals surface area contributed by atoms with Crippen molar-refractivity contribution in [1.29, 1.82) is 0 Å². The minimum absolute atomic E-state index is 0.303. The number of thiazole rings is 1. The van der Waals surface area contributed by atoms with E-state index >= 15 is 0 Å².